The number of aromatic nitrogens is 2. The predicted molar refractivity (Wildman–Crippen MR) is 72.6 cm³/mol. The van der Waals surface area contributed by atoms with Crippen molar-refractivity contribution in [2.24, 2.45) is 0 Å². The lowest BCUT2D eigenvalue weighted by atomic mass is 10.2. The summed E-state index contributed by atoms with van der Waals surface area (Å²) in [5.41, 5.74) is 7.77. The zero-order valence-corrected chi connectivity index (χ0v) is 10.5. The molecule has 90 valence electrons. The van der Waals surface area contributed by atoms with Crippen LogP contribution in [0, 0.1) is 11.3 Å². The van der Waals surface area contributed by atoms with Crippen LogP contribution < -0.4 is 5.73 Å². The van der Waals surface area contributed by atoms with Gasteiger partial charge >= 0.3 is 0 Å². The summed E-state index contributed by atoms with van der Waals surface area (Å²) < 4.78 is 0. The highest BCUT2D eigenvalue weighted by Crippen LogP contribution is 2.17. The number of thioether (sulfide) groups is 1. The van der Waals surface area contributed by atoms with Crippen LogP contribution in [0.2, 0.25) is 0 Å². The van der Waals surface area contributed by atoms with Crippen LogP contribution in [0.5, 0.6) is 0 Å². The first-order chi connectivity index (χ1) is 8.79. The molecule has 0 atom stereocenters. The van der Waals surface area contributed by atoms with E-state index in [1.165, 1.54) is 5.56 Å². The molecule has 1 aromatic carbocycles. The van der Waals surface area contributed by atoms with Crippen molar-refractivity contribution in [1.82, 2.24) is 9.97 Å². The van der Waals surface area contributed by atoms with Gasteiger partial charge in [-0.05, 0) is 5.56 Å². The average molecular weight is 256 g/mol. The third kappa shape index (κ3) is 3.22. The van der Waals surface area contributed by atoms with Crippen LogP contribution in [0.1, 0.15) is 17.0 Å². The normalized spacial score (nSPS) is 9.94. The van der Waals surface area contributed by atoms with Crippen molar-refractivity contribution in [3.63, 3.8) is 0 Å². The summed E-state index contributed by atoms with van der Waals surface area (Å²) in [6.07, 6.45) is 1.62. The van der Waals surface area contributed by atoms with E-state index in [1.54, 1.807) is 18.0 Å². The number of nitrogens with two attached hydrogens (primary N) is 1. The van der Waals surface area contributed by atoms with Gasteiger partial charge < -0.3 is 5.73 Å². The van der Waals surface area contributed by atoms with Gasteiger partial charge in [0.15, 0.2) is 11.5 Å². The van der Waals surface area contributed by atoms with Crippen LogP contribution in [0.25, 0.3) is 0 Å². The van der Waals surface area contributed by atoms with Gasteiger partial charge in [0.1, 0.15) is 6.07 Å². The van der Waals surface area contributed by atoms with E-state index in [0.29, 0.717) is 0 Å². The van der Waals surface area contributed by atoms with E-state index in [1.807, 2.05) is 24.3 Å². The van der Waals surface area contributed by atoms with Crippen molar-refractivity contribution in [3.05, 3.63) is 53.5 Å². The molecular weight excluding hydrogens is 244 g/mol. The summed E-state index contributed by atoms with van der Waals surface area (Å²) in [4.78, 5) is 8.11. The van der Waals surface area contributed by atoms with E-state index >= 15 is 0 Å². The maximum Gasteiger partial charge on any atom is 0.183 e. The minimum Gasteiger partial charge on any atom is -0.381 e. The highest BCUT2D eigenvalue weighted by Gasteiger charge is 2.03. The van der Waals surface area contributed by atoms with Gasteiger partial charge in [-0.25, -0.2) is 9.97 Å². The third-order valence-corrected chi connectivity index (χ3v) is 3.36. The van der Waals surface area contributed by atoms with Crippen molar-refractivity contribution in [3.8, 4) is 6.07 Å². The van der Waals surface area contributed by atoms with Gasteiger partial charge in [0.05, 0.1) is 11.9 Å². The molecule has 0 saturated carbocycles. The van der Waals surface area contributed by atoms with Crippen molar-refractivity contribution in [2.45, 2.75) is 11.5 Å². The van der Waals surface area contributed by atoms with Crippen LogP contribution in [-0.4, -0.2) is 9.97 Å². The van der Waals surface area contributed by atoms with Crippen LogP contribution >= 0.6 is 11.8 Å². The quantitative estimate of drug-likeness (QED) is 0.908. The van der Waals surface area contributed by atoms with E-state index in [0.717, 1.165) is 17.2 Å². The molecule has 0 bridgehead atoms. The number of hydrogen-bond acceptors (Lipinski definition) is 5. The van der Waals surface area contributed by atoms with Crippen LogP contribution in [0.4, 0.5) is 5.82 Å². The van der Waals surface area contributed by atoms with E-state index in [4.69, 9.17) is 11.0 Å². The standard InChI is InChI=1S/C13H12N4S/c14-6-12-13(15)16-7-11(17-12)9-18-8-10-4-2-1-3-5-10/h1-5,7H,8-9H2,(H2,15,16). The average Bonchev–Trinajstić information content (AvgIpc) is 2.42. The van der Waals surface area contributed by atoms with Crippen LogP contribution in [0.3, 0.4) is 0 Å². The number of benzene rings is 1. The van der Waals surface area contributed by atoms with E-state index in [2.05, 4.69) is 22.1 Å². The van der Waals surface area contributed by atoms with Gasteiger partial charge in [0, 0.05) is 11.5 Å². The molecule has 1 aromatic heterocycles. The molecule has 0 aliphatic rings. The van der Waals surface area contributed by atoms with Crippen molar-refractivity contribution < 1.29 is 0 Å². The second kappa shape index (κ2) is 6.03. The number of nitrogen functional groups attached to an aromatic ring is 1. The summed E-state index contributed by atoms with van der Waals surface area (Å²) in [5.74, 6) is 1.82. The molecule has 18 heavy (non-hydrogen) atoms. The minimum absolute atomic E-state index is 0.189. The summed E-state index contributed by atoms with van der Waals surface area (Å²) in [6, 6.07) is 12.1. The molecule has 0 spiro atoms. The Labute approximate surface area is 110 Å². The second-order valence-electron chi connectivity index (χ2n) is 3.69. The Kier molecular flexibility index (Phi) is 4.15. The highest BCUT2D eigenvalue weighted by atomic mass is 32.2. The molecule has 0 saturated heterocycles. The van der Waals surface area contributed by atoms with Gasteiger partial charge in [-0.2, -0.15) is 17.0 Å². The number of nitrogens with zero attached hydrogens (tertiary/aromatic N) is 3. The first-order valence-corrected chi connectivity index (χ1v) is 6.58. The lowest BCUT2D eigenvalue weighted by molar-refractivity contribution is 1.08. The molecule has 0 aliphatic heterocycles. The SMILES string of the molecule is N#Cc1nc(CSCc2ccccc2)cnc1N. The lowest BCUT2D eigenvalue weighted by Gasteiger charge is -2.03. The number of nitriles is 1. The third-order valence-electron chi connectivity index (χ3n) is 2.32. The van der Waals surface area contributed by atoms with Crippen LogP contribution in [0.15, 0.2) is 36.5 Å². The Morgan fingerprint density at radius 3 is 2.72 bits per heavy atom. The first kappa shape index (κ1) is 12.4. The highest BCUT2D eigenvalue weighted by molar-refractivity contribution is 7.97. The minimum atomic E-state index is 0.189. The van der Waals surface area contributed by atoms with E-state index in [-0.39, 0.29) is 11.5 Å². The maximum atomic E-state index is 8.81. The molecule has 0 fully saturated rings. The second-order valence-corrected chi connectivity index (χ2v) is 4.67. The predicted octanol–water partition coefficient (Wildman–Crippen LogP) is 2.36. The Bertz CT molecular complexity index is 563. The van der Waals surface area contributed by atoms with Gasteiger partial charge in [-0.15, -0.1) is 0 Å². The number of hydrogen-bond donors (Lipinski definition) is 1. The number of rotatable bonds is 4. The Morgan fingerprint density at radius 2 is 2.00 bits per heavy atom. The van der Waals surface area contributed by atoms with E-state index in [9.17, 15) is 0 Å². The topological polar surface area (TPSA) is 75.6 Å². The van der Waals surface area contributed by atoms with Gasteiger partial charge in [-0.1, -0.05) is 30.3 Å². The summed E-state index contributed by atoms with van der Waals surface area (Å²) in [5, 5.41) is 8.81. The molecule has 0 radical (unpaired) electrons. The lowest BCUT2D eigenvalue weighted by Crippen LogP contribution is -2.00. The molecule has 0 aliphatic carbocycles. The Balaban J connectivity index is 1.93. The summed E-state index contributed by atoms with van der Waals surface area (Å²) in [7, 11) is 0. The molecule has 2 aromatic rings. The first-order valence-electron chi connectivity index (χ1n) is 5.43. The molecular formula is C13H12N4S. The van der Waals surface area contributed by atoms with Crippen molar-refractivity contribution in [1.29, 1.82) is 5.26 Å². The zero-order valence-electron chi connectivity index (χ0n) is 9.71. The molecule has 1 heterocycles. The summed E-state index contributed by atoms with van der Waals surface area (Å²) in [6.45, 7) is 0. The van der Waals surface area contributed by atoms with Gasteiger partial charge in [0.2, 0.25) is 0 Å². The Morgan fingerprint density at radius 1 is 1.22 bits per heavy atom. The number of anilines is 1. The molecule has 5 heteroatoms. The van der Waals surface area contributed by atoms with Crippen molar-refractivity contribution >= 4 is 17.6 Å². The fourth-order valence-electron chi connectivity index (χ4n) is 1.43. The van der Waals surface area contributed by atoms with Crippen LogP contribution in [-0.2, 0) is 11.5 Å². The summed E-state index contributed by atoms with van der Waals surface area (Å²) >= 11 is 1.73. The Hall–Kier alpha value is -2.06. The largest absolute Gasteiger partial charge is 0.381 e. The van der Waals surface area contributed by atoms with Gasteiger partial charge in [0.25, 0.3) is 0 Å². The fraction of sp³-hybridized carbons (Fsp3) is 0.154. The molecule has 2 rings (SSSR count). The molecule has 4 nitrogen and oxygen atoms in total. The van der Waals surface area contributed by atoms with Gasteiger partial charge in [-0.3, -0.25) is 0 Å². The van der Waals surface area contributed by atoms with E-state index < -0.39 is 0 Å². The smallest absolute Gasteiger partial charge is 0.183 e. The molecule has 0 amide bonds. The fourth-order valence-corrected chi connectivity index (χ4v) is 2.31. The molecule has 0 unspecified atom stereocenters. The molecule has 2 N–H and O–H groups in total. The van der Waals surface area contributed by atoms with Crippen molar-refractivity contribution in [2.75, 3.05) is 5.73 Å². The zero-order chi connectivity index (χ0) is 12.8. The maximum absolute atomic E-state index is 8.81. The monoisotopic (exact) mass is 256 g/mol.